The molecule has 1 aliphatic heterocycles. The Labute approximate surface area is 165 Å². The van der Waals surface area contributed by atoms with Crippen LogP contribution in [-0.2, 0) is 9.47 Å². The molecule has 0 aromatic carbocycles. The van der Waals surface area contributed by atoms with Gasteiger partial charge in [0.25, 0.3) is 0 Å². The highest BCUT2D eigenvalue weighted by Crippen LogP contribution is 2.15. The van der Waals surface area contributed by atoms with Gasteiger partial charge in [-0.2, -0.15) is 0 Å². The monoisotopic (exact) mass is 452 g/mol. The lowest BCUT2D eigenvalue weighted by Gasteiger charge is -2.22. The third-order valence-corrected chi connectivity index (χ3v) is 5.73. The van der Waals surface area contributed by atoms with Crippen molar-refractivity contribution in [3.05, 3.63) is 0 Å². The largest absolute Gasteiger partial charge is 0.353 e. The first kappa shape index (κ1) is 22.7. The Hall–Kier alpha value is 0.650. The highest BCUT2D eigenvalue weighted by molar-refractivity contribution is 14.1. The lowest BCUT2D eigenvalue weighted by atomic mass is 10.0. The fourth-order valence-corrected chi connectivity index (χ4v) is 3.91. The molecule has 0 aliphatic carbocycles. The second kappa shape index (κ2) is 18.4. The van der Waals surface area contributed by atoms with Crippen molar-refractivity contribution in [3.63, 3.8) is 0 Å². The molecular weight excluding hydrogens is 411 g/mol. The smallest absolute Gasteiger partial charge is 0.157 e. The molecule has 1 aliphatic rings. The first-order valence-electron chi connectivity index (χ1n) is 10.7. The summed E-state index contributed by atoms with van der Waals surface area (Å²) in [6.45, 7) is 1.78. The van der Waals surface area contributed by atoms with E-state index in [9.17, 15) is 0 Å². The maximum absolute atomic E-state index is 5.77. The molecule has 3 heteroatoms. The lowest BCUT2D eigenvalue weighted by molar-refractivity contribution is -0.162. The molecule has 0 aromatic rings. The SMILES string of the molecule is ICCCCCCCCCCCCCCCCOC1CCCCO1. The molecule has 0 radical (unpaired) electrons. The van der Waals surface area contributed by atoms with Gasteiger partial charge in [-0.15, -0.1) is 0 Å². The van der Waals surface area contributed by atoms with E-state index in [-0.39, 0.29) is 6.29 Å². The van der Waals surface area contributed by atoms with E-state index in [1.807, 2.05) is 0 Å². The van der Waals surface area contributed by atoms with E-state index in [0.717, 1.165) is 19.6 Å². The van der Waals surface area contributed by atoms with Gasteiger partial charge in [0.15, 0.2) is 6.29 Å². The van der Waals surface area contributed by atoms with Crippen molar-refractivity contribution < 1.29 is 9.47 Å². The minimum atomic E-state index is 0.102. The topological polar surface area (TPSA) is 18.5 Å². The summed E-state index contributed by atoms with van der Waals surface area (Å²) >= 11 is 2.48. The van der Waals surface area contributed by atoms with Crippen LogP contribution in [0.1, 0.15) is 109 Å². The van der Waals surface area contributed by atoms with Crippen LogP contribution >= 0.6 is 22.6 Å². The molecule has 2 nitrogen and oxygen atoms in total. The van der Waals surface area contributed by atoms with E-state index in [2.05, 4.69) is 22.6 Å². The molecule has 1 atom stereocenters. The molecule has 1 rings (SSSR count). The normalized spacial score (nSPS) is 18.1. The molecule has 0 bridgehead atoms. The van der Waals surface area contributed by atoms with E-state index in [1.165, 1.54) is 107 Å². The maximum Gasteiger partial charge on any atom is 0.157 e. The Balaban J connectivity index is 1.66. The van der Waals surface area contributed by atoms with Gasteiger partial charge in [-0.1, -0.05) is 99.6 Å². The minimum Gasteiger partial charge on any atom is -0.353 e. The van der Waals surface area contributed by atoms with Crippen LogP contribution in [0.4, 0.5) is 0 Å². The van der Waals surface area contributed by atoms with Gasteiger partial charge in [0, 0.05) is 13.2 Å². The number of alkyl halides is 1. The average Bonchev–Trinajstić information content (AvgIpc) is 2.62. The van der Waals surface area contributed by atoms with Crippen LogP contribution in [0.3, 0.4) is 0 Å². The van der Waals surface area contributed by atoms with Crippen LogP contribution in [0.25, 0.3) is 0 Å². The predicted molar refractivity (Wildman–Crippen MR) is 113 cm³/mol. The Bertz CT molecular complexity index is 242. The third kappa shape index (κ3) is 14.9. The van der Waals surface area contributed by atoms with E-state index in [1.54, 1.807) is 0 Å². The molecule has 0 aromatic heterocycles. The third-order valence-electron chi connectivity index (χ3n) is 4.97. The minimum absolute atomic E-state index is 0.102. The van der Waals surface area contributed by atoms with Crippen LogP contribution in [-0.4, -0.2) is 23.9 Å². The van der Waals surface area contributed by atoms with Crippen LogP contribution in [0, 0.1) is 0 Å². The van der Waals surface area contributed by atoms with Crippen molar-refractivity contribution in [2.75, 3.05) is 17.6 Å². The zero-order chi connectivity index (χ0) is 17.1. The second-order valence-electron chi connectivity index (χ2n) is 7.31. The molecular formula is C21H41IO2. The number of rotatable bonds is 17. The predicted octanol–water partition coefficient (Wildman–Crippen LogP) is 7.43. The highest BCUT2D eigenvalue weighted by atomic mass is 127. The molecule has 0 N–H and O–H groups in total. The zero-order valence-electron chi connectivity index (χ0n) is 15.9. The summed E-state index contributed by atoms with van der Waals surface area (Å²) in [7, 11) is 0. The summed E-state index contributed by atoms with van der Waals surface area (Å²) in [5, 5.41) is 0. The van der Waals surface area contributed by atoms with Crippen LogP contribution in [0.15, 0.2) is 0 Å². The van der Waals surface area contributed by atoms with Crippen molar-refractivity contribution in [1.82, 2.24) is 0 Å². The quantitative estimate of drug-likeness (QED) is 0.130. The van der Waals surface area contributed by atoms with Gasteiger partial charge in [0.2, 0.25) is 0 Å². The fraction of sp³-hybridized carbons (Fsp3) is 1.00. The number of hydrogen-bond acceptors (Lipinski definition) is 2. The van der Waals surface area contributed by atoms with Crippen molar-refractivity contribution >= 4 is 22.6 Å². The molecule has 0 spiro atoms. The van der Waals surface area contributed by atoms with Crippen molar-refractivity contribution in [2.45, 2.75) is 115 Å². The number of hydrogen-bond donors (Lipinski definition) is 0. The molecule has 0 saturated carbocycles. The first-order valence-corrected chi connectivity index (χ1v) is 12.2. The lowest BCUT2D eigenvalue weighted by Crippen LogP contribution is -2.22. The molecule has 1 heterocycles. The van der Waals surface area contributed by atoms with E-state index < -0.39 is 0 Å². The molecule has 24 heavy (non-hydrogen) atoms. The Morgan fingerprint density at radius 3 is 1.62 bits per heavy atom. The Morgan fingerprint density at radius 2 is 1.17 bits per heavy atom. The Kier molecular flexibility index (Phi) is 17.4. The van der Waals surface area contributed by atoms with Crippen LogP contribution < -0.4 is 0 Å². The van der Waals surface area contributed by atoms with E-state index in [0.29, 0.717) is 0 Å². The average molecular weight is 452 g/mol. The maximum atomic E-state index is 5.77. The molecule has 144 valence electrons. The Morgan fingerprint density at radius 1 is 0.667 bits per heavy atom. The molecule has 1 fully saturated rings. The van der Waals surface area contributed by atoms with Gasteiger partial charge in [-0.05, 0) is 36.5 Å². The summed E-state index contributed by atoms with van der Waals surface area (Å²) in [5.74, 6) is 0. The second-order valence-corrected chi connectivity index (χ2v) is 8.38. The van der Waals surface area contributed by atoms with E-state index in [4.69, 9.17) is 9.47 Å². The summed E-state index contributed by atoms with van der Waals surface area (Å²) in [6.07, 6.45) is 23.5. The van der Waals surface area contributed by atoms with E-state index >= 15 is 0 Å². The van der Waals surface area contributed by atoms with Crippen molar-refractivity contribution in [2.24, 2.45) is 0 Å². The van der Waals surface area contributed by atoms with Crippen molar-refractivity contribution in [1.29, 1.82) is 0 Å². The summed E-state index contributed by atoms with van der Waals surface area (Å²) < 4.78 is 12.7. The number of ether oxygens (including phenoxy) is 2. The summed E-state index contributed by atoms with van der Waals surface area (Å²) in [5.41, 5.74) is 0. The molecule has 1 saturated heterocycles. The number of halogens is 1. The van der Waals surface area contributed by atoms with Crippen LogP contribution in [0.5, 0.6) is 0 Å². The van der Waals surface area contributed by atoms with Gasteiger partial charge in [0.05, 0.1) is 0 Å². The standard InChI is InChI=1S/C21H41IO2/c22-18-14-11-9-7-5-3-1-2-4-6-8-10-12-15-19-23-21-17-13-16-20-24-21/h21H,1-20H2. The van der Waals surface area contributed by atoms with Crippen molar-refractivity contribution in [3.8, 4) is 0 Å². The van der Waals surface area contributed by atoms with Gasteiger partial charge >= 0.3 is 0 Å². The summed E-state index contributed by atoms with van der Waals surface area (Å²) in [4.78, 5) is 0. The summed E-state index contributed by atoms with van der Waals surface area (Å²) in [6, 6.07) is 0. The first-order chi connectivity index (χ1) is 11.9. The zero-order valence-corrected chi connectivity index (χ0v) is 18.1. The molecule has 1 unspecified atom stereocenters. The van der Waals surface area contributed by atoms with Crippen LogP contribution in [0.2, 0.25) is 0 Å². The molecule has 0 amide bonds. The van der Waals surface area contributed by atoms with Gasteiger partial charge < -0.3 is 9.47 Å². The van der Waals surface area contributed by atoms with Gasteiger partial charge in [-0.3, -0.25) is 0 Å². The van der Waals surface area contributed by atoms with Gasteiger partial charge in [-0.25, -0.2) is 0 Å². The van der Waals surface area contributed by atoms with Gasteiger partial charge in [0.1, 0.15) is 0 Å². The number of unbranched alkanes of at least 4 members (excludes halogenated alkanes) is 13. The highest BCUT2D eigenvalue weighted by Gasteiger charge is 2.13. The fourth-order valence-electron chi connectivity index (χ4n) is 3.38.